The average molecular weight is 315 g/mol. The second-order valence-corrected chi connectivity index (χ2v) is 6.65. The van der Waals surface area contributed by atoms with Gasteiger partial charge in [-0.1, -0.05) is 37.5 Å². The highest BCUT2D eigenvalue weighted by Gasteiger charge is 2.39. The summed E-state index contributed by atoms with van der Waals surface area (Å²) in [5, 5.41) is 14.0. The lowest BCUT2D eigenvalue weighted by Gasteiger charge is -2.35. The molecule has 124 valence electrons. The van der Waals surface area contributed by atoms with E-state index in [1.807, 2.05) is 24.4 Å². The van der Waals surface area contributed by atoms with Gasteiger partial charge in [0.05, 0.1) is 0 Å². The first-order chi connectivity index (χ1) is 11.1. The highest BCUT2D eigenvalue weighted by atomic mass is 16.4. The van der Waals surface area contributed by atoms with Crippen LogP contribution < -0.4 is 11.1 Å². The van der Waals surface area contributed by atoms with E-state index in [0.29, 0.717) is 19.4 Å². The summed E-state index contributed by atoms with van der Waals surface area (Å²) in [5.74, 6) is -0.739. The molecule has 1 aromatic carbocycles. The fourth-order valence-electron chi connectivity index (χ4n) is 3.60. The molecule has 0 amide bonds. The van der Waals surface area contributed by atoms with E-state index in [1.54, 1.807) is 0 Å². The highest BCUT2D eigenvalue weighted by Crippen LogP contribution is 2.28. The number of hydrogen-bond donors (Lipinski definition) is 4. The molecule has 3 rings (SSSR count). The molecule has 1 aromatic heterocycles. The minimum atomic E-state index is -0.782. The van der Waals surface area contributed by atoms with Gasteiger partial charge in [-0.2, -0.15) is 0 Å². The zero-order chi connectivity index (χ0) is 16.3. The highest BCUT2D eigenvalue weighted by molar-refractivity contribution is 5.83. The van der Waals surface area contributed by atoms with Crippen molar-refractivity contribution in [3.63, 3.8) is 0 Å². The van der Waals surface area contributed by atoms with Gasteiger partial charge >= 0.3 is 5.97 Å². The number of aromatic amines is 1. The van der Waals surface area contributed by atoms with Gasteiger partial charge in [0, 0.05) is 29.7 Å². The van der Waals surface area contributed by atoms with E-state index >= 15 is 0 Å². The van der Waals surface area contributed by atoms with Crippen LogP contribution in [0.3, 0.4) is 0 Å². The van der Waals surface area contributed by atoms with E-state index in [1.165, 1.54) is 10.9 Å². The van der Waals surface area contributed by atoms with Crippen LogP contribution in [-0.4, -0.2) is 34.2 Å². The molecule has 23 heavy (non-hydrogen) atoms. The smallest absolute Gasteiger partial charge is 0.323 e. The first kappa shape index (κ1) is 16.0. The van der Waals surface area contributed by atoms with Crippen molar-refractivity contribution in [1.29, 1.82) is 0 Å². The Labute approximate surface area is 136 Å². The lowest BCUT2D eigenvalue weighted by Crippen LogP contribution is -2.56. The Kier molecular flexibility index (Phi) is 4.68. The van der Waals surface area contributed by atoms with Crippen LogP contribution >= 0.6 is 0 Å². The number of H-pyrrole nitrogens is 1. The zero-order valence-corrected chi connectivity index (χ0v) is 13.3. The number of nitrogens with one attached hydrogen (secondary N) is 2. The van der Waals surface area contributed by atoms with Crippen LogP contribution in [0.1, 0.15) is 37.7 Å². The SMILES string of the molecule is NC(CNC1(C(=O)O)CCCCC1)Cc1c[nH]c2ccccc12. The number of fused-ring (bicyclic) bond motifs is 1. The third kappa shape index (κ3) is 3.41. The Bertz CT molecular complexity index is 674. The van der Waals surface area contributed by atoms with Crippen molar-refractivity contribution in [2.24, 2.45) is 5.73 Å². The van der Waals surface area contributed by atoms with Crippen molar-refractivity contribution in [2.75, 3.05) is 6.54 Å². The molecule has 1 atom stereocenters. The summed E-state index contributed by atoms with van der Waals surface area (Å²) in [6.45, 7) is 0.520. The molecule has 0 aliphatic heterocycles. The second kappa shape index (κ2) is 6.72. The Hall–Kier alpha value is -1.85. The summed E-state index contributed by atoms with van der Waals surface area (Å²) in [6.07, 6.45) is 7.18. The quantitative estimate of drug-likeness (QED) is 0.659. The zero-order valence-electron chi connectivity index (χ0n) is 13.3. The average Bonchev–Trinajstić information content (AvgIpc) is 2.97. The molecule has 1 fully saturated rings. The summed E-state index contributed by atoms with van der Waals surface area (Å²) in [4.78, 5) is 14.9. The lowest BCUT2D eigenvalue weighted by atomic mass is 9.81. The molecule has 1 saturated carbocycles. The summed E-state index contributed by atoms with van der Waals surface area (Å²) < 4.78 is 0. The molecule has 5 N–H and O–H groups in total. The van der Waals surface area contributed by atoms with Crippen molar-refractivity contribution in [3.05, 3.63) is 36.0 Å². The van der Waals surface area contributed by atoms with E-state index in [2.05, 4.69) is 16.4 Å². The van der Waals surface area contributed by atoms with Gasteiger partial charge in [-0.05, 0) is 30.9 Å². The Balaban J connectivity index is 1.62. The summed E-state index contributed by atoms with van der Waals surface area (Å²) in [5.41, 5.74) is 7.77. The molecular formula is C18H25N3O2. The first-order valence-electron chi connectivity index (χ1n) is 8.40. The maximum Gasteiger partial charge on any atom is 0.323 e. The standard InChI is InChI=1S/C18H25N3O2/c19-14(10-13-11-20-16-7-3-2-6-15(13)16)12-21-18(17(22)23)8-4-1-5-9-18/h2-3,6-7,11,14,20-21H,1,4-5,8-10,12,19H2,(H,22,23). The Morgan fingerprint density at radius 3 is 2.78 bits per heavy atom. The van der Waals surface area contributed by atoms with Crippen LogP contribution in [0.4, 0.5) is 0 Å². The maximum atomic E-state index is 11.7. The minimum Gasteiger partial charge on any atom is -0.480 e. The van der Waals surface area contributed by atoms with Gasteiger partial charge < -0.3 is 21.1 Å². The normalized spacial score (nSPS) is 18.8. The molecule has 0 radical (unpaired) electrons. The molecule has 5 nitrogen and oxygen atoms in total. The molecule has 0 bridgehead atoms. The first-order valence-corrected chi connectivity index (χ1v) is 8.40. The van der Waals surface area contributed by atoms with E-state index in [9.17, 15) is 9.90 Å². The van der Waals surface area contributed by atoms with E-state index in [4.69, 9.17) is 5.73 Å². The van der Waals surface area contributed by atoms with Gasteiger partial charge in [-0.15, -0.1) is 0 Å². The van der Waals surface area contributed by atoms with Crippen LogP contribution in [-0.2, 0) is 11.2 Å². The Morgan fingerprint density at radius 2 is 2.04 bits per heavy atom. The minimum absolute atomic E-state index is 0.104. The second-order valence-electron chi connectivity index (χ2n) is 6.65. The van der Waals surface area contributed by atoms with Gasteiger partial charge in [0.2, 0.25) is 0 Å². The van der Waals surface area contributed by atoms with Gasteiger partial charge in [-0.3, -0.25) is 4.79 Å². The summed E-state index contributed by atoms with van der Waals surface area (Å²) in [7, 11) is 0. The predicted octanol–water partition coefficient (Wildman–Crippen LogP) is 2.41. The number of aliphatic carboxylic acids is 1. The van der Waals surface area contributed by atoms with Crippen LogP contribution in [0.25, 0.3) is 10.9 Å². The van der Waals surface area contributed by atoms with Crippen molar-refractivity contribution in [1.82, 2.24) is 10.3 Å². The fraction of sp³-hybridized carbons (Fsp3) is 0.500. The fourth-order valence-corrected chi connectivity index (χ4v) is 3.60. The molecule has 1 unspecified atom stereocenters. The van der Waals surface area contributed by atoms with Crippen LogP contribution in [0.2, 0.25) is 0 Å². The van der Waals surface area contributed by atoms with E-state index in [-0.39, 0.29) is 6.04 Å². The van der Waals surface area contributed by atoms with E-state index in [0.717, 1.165) is 31.2 Å². The summed E-state index contributed by atoms with van der Waals surface area (Å²) >= 11 is 0. The topological polar surface area (TPSA) is 91.1 Å². The number of carbonyl (C=O) groups is 1. The summed E-state index contributed by atoms with van der Waals surface area (Å²) in [6, 6.07) is 8.05. The number of aromatic nitrogens is 1. The molecule has 0 spiro atoms. The van der Waals surface area contributed by atoms with Gasteiger partial charge in [-0.25, -0.2) is 0 Å². The van der Waals surface area contributed by atoms with Crippen molar-refractivity contribution in [3.8, 4) is 0 Å². The number of para-hydroxylation sites is 1. The molecule has 1 aliphatic carbocycles. The number of carboxylic acids is 1. The number of rotatable bonds is 6. The van der Waals surface area contributed by atoms with Crippen molar-refractivity contribution in [2.45, 2.75) is 50.1 Å². The van der Waals surface area contributed by atoms with Crippen LogP contribution in [0.5, 0.6) is 0 Å². The van der Waals surface area contributed by atoms with Gasteiger partial charge in [0.25, 0.3) is 0 Å². The Morgan fingerprint density at radius 1 is 1.30 bits per heavy atom. The third-order valence-corrected chi connectivity index (χ3v) is 4.98. The monoisotopic (exact) mass is 315 g/mol. The maximum absolute atomic E-state index is 11.7. The van der Waals surface area contributed by atoms with E-state index < -0.39 is 11.5 Å². The number of carboxylic acid groups (broad SMARTS) is 1. The van der Waals surface area contributed by atoms with Crippen molar-refractivity contribution >= 4 is 16.9 Å². The molecule has 0 saturated heterocycles. The molecule has 1 heterocycles. The number of benzene rings is 1. The number of hydrogen-bond acceptors (Lipinski definition) is 3. The molecule has 1 aliphatic rings. The third-order valence-electron chi connectivity index (χ3n) is 4.98. The molecule has 5 heteroatoms. The lowest BCUT2D eigenvalue weighted by molar-refractivity contribution is -0.146. The largest absolute Gasteiger partial charge is 0.480 e. The van der Waals surface area contributed by atoms with Crippen molar-refractivity contribution < 1.29 is 9.90 Å². The van der Waals surface area contributed by atoms with Crippen LogP contribution in [0, 0.1) is 0 Å². The van der Waals surface area contributed by atoms with Crippen LogP contribution in [0.15, 0.2) is 30.5 Å². The van der Waals surface area contributed by atoms with Gasteiger partial charge in [0.15, 0.2) is 0 Å². The number of nitrogens with two attached hydrogens (primary N) is 1. The molecular weight excluding hydrogens is 290 g/mol. The predicted molar refractivity (Wildman–Crippen MR) is 91.4 cm³/mol. The van der Waals surface area contributed by atoms with Gasteiger partial charge in [0.1, 0.15) is 5.54 Å². The molecule has 2 aromatic rings.